The summed E-state index contributed by atoms with van der Waals surface area (Å²) in [5.74, 6) is 0.0236. The number of benzene rings is 2. The van der Waals surface area contributed by atoms with Crippen molar-refractivity contribution < 1.29 is 10.1 Å². The molecule has 0 aliphatic rings. The summed E-state index contributed by atoms with van der Waals surface area (Å²) in [6, 6.07) is 19.1. The number of carbonyl (C=O) groups excluding carboxylic acids is 1. The van der Waals surface area contributed by atoms with Gasteiger partial charge in [-0.2, -0.15) is 0 Å². The number of anilines is 1. The van der Waals surface area contributed by atoms with E-state index in [9.17, 15) is 4.79 Å². The summed E-state index contributed by atoms with van der Waals surface area (Å²) in [6.07, 6.45) is 1.03. The first kappa shape index (κ1) is 19.3. The van der Waals surface area contributed by atoms with Crippen molar-refractivity contribution in [2.24, 2.45) is 0 Å². The minimum atomic E-state index is 0.0236. The highest BCUT2D eigenvalue weighted by molar-refractivity contribution is 7.10. The Morgan fingerprint density at radius 3 is 2.52 bits per heavy atom. The highest BCUT2D eigenvalue weighted by atomic mass is 32.1. The molecular formula is C23H27N2OS+. The van der Waals surface area contributed by atoms with E-state index in [-0.39, 0.29) is 11.9 Å². The van der Waals surface area contributed by atoms with Crippen LogP contribution in [-0.4, -0.2) is 12.5 Å². The standard InChI is InChI=1S/C23H26N2OS/c1-4-18-10-12-19(13-11-18)23(21-9-6-14-27-21)24-15-22(26)25-20-8-5-7-16(2)17(20)3/h5-14,23-24H,4,15H2,1-3H3,(H,25,26)/p+1/t23-/m0/s1. The number of carbonyl (C=O) groups is 1. The third-order valence-electron chi connectivity index (χ3n) is 5.01. The van der Waals surface area contributed by atoms with Crippen molar-refractivity contribution in [1.82, 2.24) is 0 Å². The van der Waals surface area contributed by atoms with Gasteiger partial charge in [-0.1, -0.05) is 49.4 Å². The summed E-state index contributed by atoms with van der Waals surface area (Å²) >= 11 is 1.73. The predicted octanol–water partition coefficient (Wildman–Crippen LogP) is 4.22. The van der Waals surface area contributed by atoms with Crippen LogP contribution >= 0.6 is 11.3 Å². The molecule has 27 heavy (non-hydrogen) atoms. The van der Waals surface area contributed by atoms with Crippen LogP contribution in [0.25, 0.3) is 0 Å². The van der Waals surface area contributed by atoms with E-state index in [2.05, 4.69) is 72.3 Å². The van der Waals surface area contributed by atoms with Crippen LogP contribution in [0, 0.1) is 13.8 Å². The minimum Gasteiger partial charge on any atom is -0.328 e. The Hall–Kier alpha value is -2.43. The Labute approximate surface area is 165 Å². The molecule has 3 N–H and O–H groups in total. The van der Waals surface area contributed by atoms with E-state index in [4.69, 9.17) is 0 Å². The number of rotatable bonds is 7. The zero-order chi connectivity index (χ0) is 19.2. The number of amides is 1. The van der Waals surface area contributed by atoms with Crippen molar-refractivity contribution >= 4 is 22.9 Å². The molecule has 3 aromatic rings. The summed E-state index contributed by atoms with van der Waals surface area (Å²) in [5, 5.41) is 7.26. The number of hydrogen-bond acceptors (Lipinski definition) is 2. The quantitative estimate of drug-likeness (QED) is 0.634. The second kappa shape index (κ2) is 8.98. The van der Waals surface area contributed by atoms with Crippen LogP contribution in [0.5, 0.6) is 0 Å². The fraction of sp³-hybridized carbons (Fsp3) is 0.261. The van der Waals surface area contributed by atoms with Gasteiger partial charge in [0.15, 0.2) is 6.54 Å². The summed E-state index contributed by atoms with van der Waals surface area (Å²) in [7, 11) is 0. The molecule has 1 atom stereocenters. The molecule has 0 saturated carbocycles. The van der Waals surface area contributed by atoms with Crippen LogP contribution < -0.4 is 10.6 Å². The van der Waals surface area contributed by atoms with Gasteiger partial charge in [0.25, 0.3) is 5.91 Å². The summed E-state index contributed by atoms with van der Waals surface area (Å²) in [5.41, 5.74) is 5.76. The molecule has 0 aliphatic heterocycles. The zero-order valence-electron chi connectivity index (χ0n) is 16.2. The van der Waals surface area contributed by atoms with Crippen molar-refractivity contribution in [3.05, 3.63) is 87.1 Å². The molecule has 140 valence electrons. The van der Waals surface area contributed by atoms with Gasteiger partial charge in [-0.3, -0.25) is 4.79 Å². The fourth-order valence-electron chi connectivity index (χ4n) is 3.16. The SMILES string of the molecule is CCc1ccc([C@H]([NH2+]CC(=O)Nc2cccc(C)c2C)c2cccs2)cc1. The number of thiophene rings is 1. The first-order valence-corrected chi connectivity index (χ1v) is 10.3. The normalized spacial score (nSPS) is 12.0. The third kappa shape index (κ3) is 4.85. The molecule has 3 rings (SSSR count). The predicted molar refractivity (Wildman–Crippen MR) is 113 cm³/mol. The van der Waals surface area contributed by atoms with Crippen LogP contribution in [0.2, 0.25) is 0 Å². The number of aryl methyl sites for hydroxylation is 2. The highest BCUT2D eigenvalue weighted by Crippen LogP contribution is 2.23. The average molecular weight is 380 g/mol. The first-order valence-electron chi connectivity index (χ1n) is 9.40. The number of nitrogens with one attached hydrogen (secondary N) is 1. The molecule has 1 heterocycles. The zero-order valence-corrected chi connectivity index (χ0v) is 17.0. The van der Waals surface area contributed by atoms with Gasteiger partial charge >= 0.3 is 0 Å². The summed E-state index contributed by atoms with van der Waals surface area (Å²) in [6.45, 7) is 6.64. The summed E-state index contributed by atoms with van der Waals surface area (Å²) < 4.78 is 0. The van der Waals surface area contributed by atoms with E-state index in [1.54, 1.807) is 11.3 Å². The maximum atomic E-state index is 12.5. The molecule has 0 spiro atoms. The van der Waals surface area contributed by atoms with Gasteiger partial charge < -0.3 is 10.6 Å². The van der Waals surface area contributed by atoms with Crippen molar-refractivity contribution in [3.8, 4) is 0 Å². The monoisotopic (exact) mass is 379 g/mol. The Balaban J connectivity index is 1.71. The van der Waals surface area contributed by atoms with E-state index in [1.807, 2.05) is 19.1 Å². The Kier molecular flexibility index (Phi) is 6.43. The van der Waals surface area contributed by atoms with Crippen LogP contribution in [0.15, 0.2) is 60.0 Å². The lowest BCUT2D eigenvalue weighted by Gasteiger charge is -2.16. The van der Waals surface area contributed by atoms with Crippen molar-refractivity contribution in [2.45, 2.75) is 33.2 Å². The lowest BCUT2D eigenvalue weighted by Crippen LogP contribution is -2.87. The van der Waals surface area contributed by atoms with Gasteiger partial charge in [-0.15, -0.1) is 11.3 Å². The smallest absolute Gasteiger partial charge is 0.279 e. The summed E-state index contributed by atoms with van der Waals surface area (Å²) in [4.78, 5) is 13.8. The molecule has 1 aromatic heterocycles. The second-order valence-corrected chi connectivity index (χ2v) is 7.80. The number of quaternary nitrogens is 1. The molecule has 0 aliphatic carbocycles. The van der Waals surface area contributed by atoms with Gasteiger partial charge in [0.2, 0.25) is 0 Å². The maximum absolute atomic E-state index is 12.5. The van der Waals surface area contributed by atoms with Crippen LogP contribution in [0.3, 0.4) is 0 Å². The second-order valence-electron chi connectivity index (χ2n) is 6.82. The largest absolute Gasteiger partial charge is 0.328 e. The van der Waals surface area contributed by atoms with Crippen molar-refractivity contribution in [1.29, 1.82) is 0 Å². The Bertz CT molecular complexity index is 885. The minimum absolute atomic E-state index is 0.0236. The lowest BCUT2D eigenvalue weighted by atomic mass is 10.0. The first-order chi connectivity index (χ1) is 13.1. The lowest BCUT2D eigenvalue weighted by molar-refractivity contribution is -0.675. The van der Waals surface area contributed by atoms with E-state index in [0.717, 1.165) is 17.7 Å². The van der Waals surface area contributed by atoms with Crippen LogP contribution in [0.1, 0.15) is 40.1 Å². The van der Waals surface area contributed by atoms with Crippen LogP contribution in [-0.2, 0) is 11.2 Å². The topological polar surface area (TPSA) is 45.7 Å². The molecular weight excluding hydrogens is 352 g/mol. The molecule has 1 amide bonds. The Morgan fingerprint density at radius 2 is 1.85 bits per heavy atom. The maximum Gasteiger partial charge on any atom is 0.279 e. The molecule has 0 fully saturated rings. The van der Waals surface area contributed by atoms with Gasteiger partial charge in [0, 0.05) is 11.3 Å². The van der Waals surface area contributed by atoms with E-state index in [1.165, 1.54) is 21.6 Å². The number of hydrogen-bond donors (Lipinski definition) is 2. The van der Waals surface area contributed by atoms with E-state index in [0.29, 0.717) is 6.54 Å². The van der Waals surface area contributed by atoms with Gasteiger partial charge in [0.05, 0.1) is 4.88 Å². The molecule has 2 aromatic carbocycles. The molecule has 0 unspecified atom stereocenters. The van der Waals surface area contributed by atoms with E-state index >= 15 is 0 Å². The molecule has 0 radical (unpaired) electrons. The average Bonchev–Trinajstić information content (AvgIpc) is 3.20. The molecule has 0 saturated heterocycles. The van der Waals surface area contributed by atoms with Gasteiger partial charge in [-0.05, 0) is 54.5 Å². The van der Waals surface area contributed by atoms with E-state index < -0.39 is 0 Å². The van der Waals surface area contributed by atoms with Crippen molar-refractivity contribution in [3.63, 3.8) is 0 Å². The Morgan fingerprint density at radius 1 is 1.07 bits per heavy atom. The van der Waals surface area contributed by atoms with Crippen molar-refractivity contribution in [2.75, 3.05) is 11.9 Å². The third-order valence-corrected chi connectivity index (χ3v) is 5.97. The van der Waals surface area contributed by atoms with Gasteiger partial charge in [-0.25, -0.2) is 0 Å². The van der Waals surface area contributed by atoms with Gasteiger partial charge in [0.1, 0.15) is 6.04 Å². The molecule has 3 nitrogen and oxygen atoms in total. The van der Waals surface area contributed by atoms with Crippen LogP contribution in [0.4, 0.5) is 5.69 Å². The number of nitrogens with two attached hydrogens (primary N) is 1. The highest BCUT2D eigenvalue weighted by Gasteiger charge is 2.20. The fourth-order valence-corrected chi connectivity index (χ4v) is 4.01. The molecule has 0 bridgehead atoms. The molecule has 4 heteroatoms.